The van der Waals surface area contributed by atoms with Crippen molar-refractivity contribution in [3.8, 4) is 0 Å². The van der Waals surface area contributed by atoms with E-state index >= 15 is 0 Å². The molecule has 4 nitrogen and oxygen atoms in total. The Kier molecular flexibility index (Phi) is 3.29. The van der Waals surface area contributed by atoms with E-state index in [0.717, 1.165) is 12.5 Å². The Bertz CT molecular complexity index is 348. The van der Waals surface area contributed by atoms with Crippen molar-refractivity contribution in [1.82, 2.24) is 4.90 Å². The third-order valence-electron chi connectivity index (χ3n) is 3.55. The van der Waals surface area contributed by atoms with Crippen LogP contribution < -0.4 is 0 Å². The fourth-order valence-electron chi connectivity index (χ4n) is 2.46. The highest BCUT2D eigenvalue weighted by atomic mass is 32.2. The summed E-state index contributed by atoms with van der Waals surface area (Å²) in [5.74, 6) is 0.780. The number of hydrogen-bond donors (Lipinski definition) is 1. The highest BCUT2D eigenvalue weighted by Crippen LogP contribution is 2.32. The number of rotatable bonds is 4. The van der Waals surface area contributed by atoms with Gasteiger partial charge in [-0.05, 0) is 32.6 Å². The van der Waals surface area contributed by atoms with Crippen molar-refractivity contribution in [2.45, 2.75) is 44.9 Å². The Morgan fingerprint density at radius 1 is 1.31 bits per heavy atom. The van der Waals surface area contributed by atoms with Crippen LogP contribution in [0.4, 0.5) is 0 Å². The van der Waals surface area contributed by atoms with Crippen molar-refractivity contribution in [3.63, 3.8) is 0 Å². The minimum absolute atomic E-state index is 0.0639. The van der Waals surface area contributed by atoms with Crippen molar-refractivity contribution in [3.05, 3.63) is 0 Å². The first-order valence-electron chi connectivity index (χ1n) is 6.03. The molecule has 1 heterocycles. The third-order valence-corrected chi connectivity index (χ3v) is 5.25. The topological polar surface area (TPSA) is 57.6 Å². The summed E-state index contributed by atoms with van der Waals surface area (Å²) >= 11 is 0. The molecule has 1 aliphatic heterocycles. The normalized spacial score (nSPS) is 33.8. The first-order valence-corrected chi connectivity index (χ1v) is 7.85. The van der Waals surface area contributed by atoms with E-state index in [1.54, 1.807) is 0 Å². The molecule has 16 heavy (non-hydrogen) atoms. The van der Waals surface area contributed by atoms with Crippen LogP contribution in [0.5, 0.6) is 0 Å². The number of nitrogens with zero attached hydrogens (tertiary/aromatic N) is 1. The van der Waals surface area contributed by atoms with Crippen LogP contribution in [-0.2, 0) is 9.84 Å². The molecular formula is C11H21NO3S. The van der Waals surface area contributed by atoms with Gasteiger partial charge < -0.3 is 5.11 Å². The standard InChI is InChI=1S/C11H21NO3S/c1-8(2)12(5-9-3-4-9)10-6-16(14,15)7-11(10)13/h8-11,13H,3-7H2,1-2H3. The number of aliphatic hydroxyl groups is 1. The second-order valence-electron chi connectivity index (χ2n) is 5.45. The molecule has 2 atom stereocenters. The van der Waals surface area contributed by atoms with Gasteiger partial charge in [0, 0.05) is 12.6 Å². The van der Waals surface area contributed by atoms with Crippen molar-refractivity contribution < 1.29 is 13.5 Å². The fourth-order valence-corrected chi connectivity index (χ4v) is 4.27. The van der Waals surface area contributed by atoms with E-state index < -0.39 is 15.9 Å². The lowest BCUT2D eigenvalue weighted by Gasteiger charge is -2.33. The van der Waals surface area contributed by atoms with E-state index in [0.29, 0.717) is 6.04 Å². The molecule has 1 N–H and O–H groups in total. The molecule has 0 radical (unpaired) electrons. The Morgan fingerprint density at radius 2 is 1.94 bits per heavy atom. The lowest BCUT2D eigenvalue weighted by Crippen LogP contribution is -2.47. The average molecular weight is 247 g/mol. The minimum Gasteiger partial charge on any atom is -0.390 e. The highest BCUT2D eigenvalue weighted by Gasteiger charge is 2.42. The SMILES string of the molecule is CC(C)N(CC1CC1)C1CS(=O)(=O)CC1O. The summed E-state index contributed by atoms with van der Waals surface area (Å²) in [6.07, 6.45) is 1.79. The predicted molar refractivity (Wildman–Crippen MR) is 63.0 cm³/mol. The summed E-state index contributed by atoms with van der Waals surface area (Å²) in [4.78, 5) is 2.17. The van der Waals surface area contributed by atoms with E-state index in [1.807, 2.05) is 0 Å². The summed E-state index contributed by atoms with van der Waals surface area (Å²) in [6.45, 7) is 5.08. The molecule has 2 rings (SSSR count). The number of hydrogen-bond acceptors (Lipinski definition) is 4. The van der Waals surface area contributed by atoms with Gasteiger partial charge in [-0.25, -0.2) is 8.42 Å². The molecule has 0 bridgehead atoms. The molecule has 1 aliphatic carbocycles. The van der Waals surface area contributed by atoms with Crippen LogP contribution in [0.2, 0.25) is 0 Å². The maximum absolute atomic E-state index is 11.5. The van der Waals surface area contributed by atoms with Gasteiger partial charge in [-0.15, -0.1) is 0 Å². The van der Waals surface area contributed by atoms with Gasteiger partial charge in [0.25, 0.3) is 0 Å². The van der Waals surface area contributed by atoms with Gasteiger partial charge in [-0.1, -0.05) is 0 Å². The zero-order chi connectivity index (χ0) is 11.9. The van der Waals surface area contributed by atoms with Crippen LogP contribution in [0.25, 0.3) is 0 Å². The smallest absolute Gasteiger partial charge is 0.154 e. The number of aliphatic hydroxyl groups excluding tert-OH is 1. The molecule has 0 spiro atoms. The van der Waals surface area contributed by atoms with E-state index in [1.165, 1.54) is 12.8 Å². The highest BCUT2D eigenvalue weighted by molar-refractivity contribution is 7.91. The largest absolute Gasteiger partial charge is 0.390 e. The van der Waals surface area contributed by atoms with Gasteiger partial charge in [-0.2, -0.15) is 0 Å². The molecule has 2 unspecified atom stereocenters. The minimum atomic E-state index is -3.03. The van der Waals surface area contributed by atoms with Crippen molar-refractivity contribution in [2.24, 2.45) is 5.92 Å². The van der Waals surface area contributed by atoms with Gasteiger partial charge >= 0.3 is 0 Å². The van der Waals surface area contributed by atoms with Gasteiger partial charge in [0.15, 0.2) is 9.84 Å². The Hall–Kier alpha value is -0.130. The molecule has 1 saturated heterocycles. The van der Waals surface area contributed by atoms with E-state index in [2.05, 4.69) is 18.7 Å². The summed E-state index contributed by atoms with van der Waals surface area (Å²) in [5.41, 5.74) is 0. The molecular weight excluding hydrogens is 226 g/mol. The Morgan fingerprint density at radius 3 is 2.31 bits per heavy atom. The molecule has 5 heteroatoms. The van der Waals surface area contributed by atoms with Crippen LogP contribution in [0.3, 0.4) is 0 Å². The first-order chi connectivity index (χ1) is 7.39. The zero-order valence-electron chi connectivity index (χ0n) is 9.96. The molecule has 2 fully saturated rings. The van der Waals surface area contributed by atoms with Crippen molar-refractivity contribution in [1.29, 1.82) is 0 Å². The zero-order valence-corrected chi connectivity index (χ0v) is 10.8. The van der Waals surface area contributed by atoms with Crippen LogP contribution >= 0.6 is 0 Å². The molecule has 2 aliphatic rings. The monoisotopic (exact) mass is 247 g/mol. The molecule has 0 aromatic heterocycles. The number of sulfone groups is 1. The van der Waals surface area contributed by atoms with Crippen LogP contribution in [0.1, 0.15) is 26.7 Å². The Balaban J connectivity index is 2.07. The second kappa shape index (κ2) is 4.27. The molecule has 0 amide bonds. The summed E-state index contributed by atoms with van der Waals surface area (Å²) in [6, 6.07) is 0.110. The van der Waals surface area contributed by atoms with Crippen molar-refractivity contribution >= 4 is 9.84 Å². The van der Waals surface area contributed by atoms with Crippen LogP contribution in [0, 0.1) is 5.92 Å². The van der Waals surface area contributed by atoms with Gasteiger partial charge in [0.2, 0.25) is 0 Å². The first kappa shape index (κ1) is 12.3. The van der Waals surface area contributed by atoms with Crippen molar-refractivity contribution in [2.75, 3.05) is 18.1 Å². The average Bonchev–Trinajstić information content (AvgIpc) is 2.89. The Labute approximate surface area is 97.6 Å². The molecule has 1 saturated carbocycles. The van der Waals surface area contributed by atoms with Crippen LogP contribution in [0.15, 0.2) is 0 Å². The van der Waals surface area contributed by atoms with Gasteiger partial charge in [0.05, 0.1) is 23.7 Å². The van der Waals surface area contributed by atoms with E-state index in [-0.39, 0.29) is 17.5 Å². The van der Waals surface area contributed by atoms with Gasteiger partial charge in [0.1, 0.15) is 0 Å². The van der Waals surface area contributed by atoms with Gasteiger partial charge in [-0.3, -0.25) is 4.90 Å². The fraction of sp³-hybridized carbons (Fsp3) is 1.00. The maximum Gasteiger partial charge on any atom is 0.154 e. The third kappa shape index (κ3) is 2.76. The van der Waals surface area contributed by atoms with E-state index in [9.17, 15) is 13.5 Å². The maximum atomic E-state index is 11.5. The molecule has 0 aromatic rings. The predicted octanol–water partition coefficient (Wildman–Crippen LogP) is 0.265. The molecule has 94 valence electrons. The van der Waals surface area contributed by atoms with E-state index in [4.69, 9.17) is 0 Å². The molecule has 0 aromatic carbocycles. The summed E-state index contributed by atoms with van der Waals surface area (Å²) < 4.78 is 23.0. The lowest BCUT2D eigenvalue weighted by atomic mass is 10.1. The summed E-state index contributed by atoms with van der Waals surface area (Å²) in [5, 5.41) is 9.86. The quantitative estimate of drug-likeness (QED) is 0.774. The summed E-state index contributed by atoms with van der Waals surface area (Å²) in [7, 11) is -3.03. The lowest BCUT2D eigenvalue weighted by molar-refractivity contribution is 0.0599. The van der Waals surface area contributed by atoms with Crippen LogP contribution in [-0.4, -0.2) is 54.7 Å². The second-order valence-corrected chi connectivity index (χ2v) is 7.60.